The summed E-state index contributed by atoms with van der Waals surface area (Å²) in [4.78, 5) is 25.0. The summed E-state index contributed by atoms with van der Waals surface area (Å²) in [6, 6.07) is 12.7. The number of sulfonamides is 1. The molecule has 1 saturated carbocycles. The molecule has 176 valence electrons. The molecule has 0 unspecified atom stereocenters. The molecule has 1 saturated heterocycles. The lowest BCUT2D eigenvalue weighted by Crippen LogP contribution is -2.39. The van der Waals surface area contributed by atoms with Gasteiger partial charge in [0.2, 0.25) is 0 Å². The largest absolute Gasteiger partial charge is 0.335 e. The number of urea groups is 2. The quantitative estimate of drug-likeness (QED) is 0.589. The SMILES string of the molecule is CCc1cc(S(=O)(=O)N2C[C@H](c3ccccc3)NC2=O)ccc1NC(=O)NC1CCCCC1. The van der Waals surface area contributed by atoms with Crippen LogP contribution in [0.25, 0.3) is 0 Å². The third kappa shape index (κ3) is 5.13. The second-order valence-electron chi connectivity index (χ2n) is 8.55. The molecule has 0 bridgehead atoms. The van der Waals surface area contributed by atoms with Crippen molar-refractivity contribution in [3.8, 4) is 0 Å². The van der Waals surface area contributed by atoms with Crippen molar-refractivity contribution in [2.24, 2.45) is 0 Å². The molecule has 33 heavy (non-hydrogen) atoms. The van der Waals surface area contributed by atoms with E-state index in [1.54, 1.807) is 6.07 Å². The third-order valence-corrected chi connectivity index (χ3v) is 8.05. The summed E-state index contributed by atoms with van der Waals surface area (Å²) in [5.74, 6) is 0. The number of aryl methyl sites for hydroxylation is 1. The van der Waals surface area contributed by atoms with E-state index < -0.39 is 22.1 Å². The highest BCUT2D eigenvalue weighted by Crippen LogP contribution is 2.28. The fourth-order valence-corrected chi connectivity index (χ4v) is 5.86. The Kier molecular flexibility index (Phi) is 6.88. The van der Waals surface area contributed by atoms with E-state index >= 15 is 0 Å². The molecule has 4 rings (SSSR count). The van der Waals surface area contributed by atoms with E-state index in [1.807, 2.05) is 37.3 Å². The number of benzene rings is 2. The summed E-state index contributed by atoms with van der Waals surface area (Å²) in [5.41, 5.74) is 2.10. The predicted molar refractivity (Wildman–Crippen MR) is 126 cm³/mol. The monoisotopic (exact) mass is 470 g/mol. The van der Waals surface area contributed by atoms with E-state index in [0.717, 1.165) is 35.6 Å². The summed E-state index contributed by atoms with van der Waals surface area (Å²) in [6.07, 6.45) is 5.93. The Hall–Kier alpha value is -3.07. The van der Waals surface area contributed by atoms with Gasteiger partial charge in [0.25, 0.3) is 10.0 Å². The molecule has 4 amide bonds. The Bertz CT molecular complexity index is 1110. The summed E-state index contributed by atoms with van der Waals surface area (Å²) in [7, 11) is -4.04. The molecule has 2 aliphatic rings. The van der Waals surface area contributed by atoms with Crippen LogP contribution < -0.4 is 16.0 Å². The minimum absolute atomic E-state index is 0.0242. The average molecular weight is 471 g/mol. The van der Waals surface area contributed by atoms with E-state index in [4.69, 9.17) is 0 Å². The second kappa shape index (κ2) is 9.82. The Balaban J connectivity index is 1.49. The van der Waals surface area contributed by atoms with E-state index in [2.05, 4.69) is 16.0 Å². The fraction of sp³-hybridized carbons (Fsp3) is 0.417. The van der Waals surface area contributed by atoms with Crippen LogP contribution >= 0.6 is 0 Å². The minimum Gasteiger partial charge on any atom is -0.335 e. The number of carbonyl (C=O) groups excluding carboxylic acids is 2. The molecule has 8 nitrogen and oxygen atoms in total. The maximum Gasteiger partial charge on any atom is 0.331 e. The summed E-state index contributed by atoms with van der Waals surface area (Å²) < 4.78 is 27.4. The highest BCUT2D eigenvalue weighted by Gasteiger charge is 2.38. The molecule has 1 heterocycles. The summed E-state index contributed by atoms with van der Waals surface area (Å²) >= 11 is 0. The number of anilines is 1. The lowest BCUT2D eigenvalue weighted by molar-refractivity contribution is 0.235. The van der Waals surface area contributed by atoms with Crippen molar-refractivity contribution < 1.29 is 18.0 Å². The zero-order chi connectivity index (χ0) is 23.4. The number of rotatable bonds is 6. The lowest BCUT2D eigenvalue weighted by atomic mass is 9.96. The van der Waals surface area contributed by atoms with Crippen LogP contribution in [-0.4, -0.2) is 37.4 Å². The molecule has 0 aromatic heterocycles. The van der Waals surface area contributed by atoms with Gasteiger partial charge in [0, 0.05) is 11.7 Å². The third-order valence-electron chi connectivity index (χ3n) is 6.31. The smallest absolute Gasteiger partial charge is 0.331 e. The van der Waals surface area contributed by atoms with Gasteiger partial charge in [-0.3, -0.25) is 0 Å². The van der Waals surface area contributed by atoms with Crippen LogP contribution in [0.15, 0.2) is 53.4 Å². The number of hydrogen-bond acceptors (Lipinski definition) is 4. The van der Waals surface area contributed by atoms with Crippen LogP contribution in [0, 0.1) is 0 Å². The molecule has 1 aliphatic carbocycles. The maximum atomic E-state index is 13.3. The Labute approximate surface area is 194 Å². The van der Waals surface area contributed by atoms with Gasteiger partial charge in [-0.1, -0.05) is 56.5 Å². The Morgan fingerprint density at radius 1 is 1.09 bits per heavy atom. The number of hydrogen-bond donors (Lipinski definition) is 3. The van der Waals surface area contributed by atoms with Gasteiger partial charge in [-0.15, -0.1) is 0 Å². The van der Waals surface area contributed by atoms with Crippen molar-refractivity contribution in [1.82, 2.24) is 14.9 Å². The van der Waals surface area contributed by atoms with E-state index in [0.29, 0.717) is 17.7 Å². The molecule has 3 N–H and O–H groups in total. The van der Waals surface area contributed by atoms with Crippen LogP contribution in [0.5, 0.6) is 0 Å². The molecule has 0 radical (unpaired) electrons. The molecule has 9 heteroatoms. The first-order valence-corrected chi connectivity index (χ1v) is 12.9. The molecule has 2 fully saturated rings. The Morgan fingerprint density at radius 2 is 1.82 bits per heavy atom. The predicted octanol–water partition coefficient (Wildman–Crippen LogP) is 4.16. The van der Waals surface area contributed by atoms with E-state index in [1.165, 1.54) is 18.6 Å². The molecule has 1 aliphatic heterocycles. The maximum absolute atomic E-state index is 13.3. The molecule has 1 atom stereocenters. The number of amides is 4. The van der Waals surface area contributed by atoms with Gasteiger partial charge >= 0.3 is 12.1 Å². The zero-order valence-electron chi connectivity index (χ0n) is 18.7. The van der Waals surface area contributed by atoms with E-state index in [-0.39, 0.29) is 23.5 Å². The van der Waals surface area contributed by atoms with Crippen molar-refractivity contribution in [1.29, 1.82) is 0 Å². The van der Waals surface area contributed by atoms with Crippen LogP contribution in [0.1, 0.15) is 56.2 Å². The van der Waals surface area contributed by atoms with Gasteiger partial charge < -0.3 is 16.0 Å². The van der Waals surface area contributed by atoms with Crippen molar-refractivity contribution in [2.45, 2.75) is 62.4 Å². The number of carbonyl (C=O) groups is 2. The van der Waals surface area contributed by atoms with Gasteiger partial charge in [0.1, 0.15) is 0 Å². The first kappa shape index (κ1) is 23.1. The number of nitrogens with one attached hydrogen (secondary N) is 3. The molecule has 0 spiro atoms. The highest BCUT2D eigenvalue weighted by atomic mass is 32.2. The lowest BCUT2D eigenvalue weighted by Gasteiger charge is -2.23. The topological polar surface area (TPSA) is 108 Å². The van der Waals surface area contributed by atoms with Gasteiger partial charge in [-0.05, 0) is 48.6 Å². The molecule has 2 aromatic carbocycles. The average Bonchev–Trinajstić information content (AvgIpc) is 3.23. The van der Waals surface area contributed by atoms with Crippen LogP contribution in [0.2, 0.25) is 0 Å². The van der Waals surface area contributed by atoms with Gasteiger partial charge in [0.05, 0.1) is 17.5 Å². The van der Waals surface area contributed by atoms with Crippen molar-refractivity contribution in [3.63, 3.8) is 0 Å². The van der Waals surface area contributed by atoms with Crippen molar-refractivity contribution in [3.05, 3.63) is 59.7 Å². The first-order valence-electron chi connectivity index (χ1n) is 11.5. The minimum atomic E-state index is -4.04. The Morgan fingerprint density at radius 3 is 2.52 bits per heavy atom. The molecule has 2 aromatic rings. The van der Waals surface area contributed by atoms with Crippen molar-refractivity contribution >= 4 is 27.8 Å². The summed E-state index contributed by atoms with van der Waals surface area (Å²) in [5, 5.41) is 8.61. The first-order chi connectivity index (χ1) is 15.9. The van der Waals surface area contributed by atoms with E-state index in [9.17, 15) is 18.0 Å². The second-order valence-corrected chi connectivity index (χ2v) is 10.4. The number of nitrogens with zero attached hydrogens (tertiary/aromatic N) is 1. The standard InChI is InChI=1S/C24H30N4O4S/c1-2-17-15-20(13-14-21(17)26-23(29)25-19-11-7-4-8-12-19)33(31,32)28-16-22(27-24(28)30)18-9-5-3-6-10-18/h3,5-6,9-10,13-15,19,22H,2,4,7-8,11-12,16H2,1H3,(H,27,30)(H2,25,26,29)/t22-/m1/s1. The highest BCUT2D eigenvalue weighted by molar-refractivity contribution is 7.89. The van der Waals surface area contributed by atoms with Gasteiger partial charge in [-0.2, -0.15) is 0 Å². The van der Waals surface area contributed by atoms with Crippen LogP contribution in [0.3, 0.4) is 0 Å². The van der Waals surface area contributed by atoms with Gasteiger partial charge in [0.15, 0.2) is 0 Å². The normalized spacial score (nSPS) is 19.2. The van der Waals surface area contributed by atoms with Crippen molar-refractivity contribution in [2.75, 3.05) is 11.9 Å². The summed E-state index contributed by atoms with van der Waals surface area (Å²) in [6.45, 7) is 1.92. The fourth-order valence-electron chi connectivity index (χ4n) is 4.46. The van der Waals surface area contributed by atoms with Gasteiger partial charge in [-0.25, -0.2) is 22.3 Å². The van der Waals surface area contributed by atoms with Crippen LogP contribution in [0.4, 0.5) is 15.3 Å². The molecular formula is C24H30N4O4S. The molecular weight excluding hydrogens is 440 g/mol. The van der Waals surface area contributed by atoms with Crippen LogP contribution in [-0.2, 0) is 16.4 Å². The zero-order valence-corrected chi connectivity index (χ0v) is 19.5.